The van der Waals surface area contributed by atoms with Crippen LogP contribution < -0.4 is 10.6 Å². The van der Waals surface area contributed by atoms with Gasteiger partial charge in [-0.25, -0.2) is 4.99 Å². The van der Waals surface area contributed by atoms with Crippen molar-refractivity contribution in [2.45, 2.75) is 26.3 Å². The van der Waals surface area contributed by atoms with Crippen LogP contribution >= 0.6 is 24.0 Å². The molecule has 0 aliphatic rings. The molecule has 0 aliphatic heterocycles. The third-order valence-electron chi connectivity index (χ3n) is 4.48. The summed E-state index contributed by atoms with van der Waals surface area (Å²) in [5, 5.41) is 9.17. The molecule has 6 nitrogen and oxygen atoms in total. The number of guanidine groups is 1. The van der Waals surface area contributed by atoms with Crippen molar-refractivity contribution >= 4 is 46.6 Å². The number of carbonyl (C=O) groups is 1. The van der Waals surface area contributed by atoms with E-state index in [1.165, 1.54) is 16.3 Å². The first-order valence-electron chi connectivity index (χ1n) is 9.83. The third kappa shape index (κ3) is 8.18. The van der Waals surface area contributed by atoms with Crippen molar-refractivity contribution in [2.24, 2.45) is 4.99 Å². The fourth-order valence-electron chi connectivity index (χ4n) is 2.88. The number of nitrogens with zero attached hydrogens (tertiary/aromatic N) is 2. The van der Waals surface area contributed by atoms with Gasteiger partial charge in [0.2, 0.25) is 5.91 Å². The van der Waals surface area contributed by atoms with Crippen LogP contribution in [-0.2, 0) is 9.53 Å². The Kier molecular flexibility index (Phi) is 11.6. The summed E-state index contributed by atoms with van der Waals surface area (Å²) in [6.07, 6.45) is 0.874. The average molecular weight is 512 g/mol. The van der Waals surface area contributed by atoms with Crippen molar-refractivity contribution in [2.75, 3.05) is 40.4 Å². The van der Waals surface area contributed by atoms with Crippen molar-refractivity contribution in [1.82, 2.24) is 15.5 Å². The number of ether oxygens (including phenoxy) is 1. The first-order valence-corrected chi connectivity index (χ1v) is 9.83. The van der Waals surface area contributed by atoms with Crippen LogP contribution in [0.25, 0.3) is 10.8 Å². The molecule has 0 saturated carbocycles. The maximum Gasteiger partial charge on any atom is 0.243 e. The lowest BCUT2D eigenvalue weighted by Crippen LogP contribution is -2.40. The summed E-state index contributed by atoms with van der Waals surface area (Å²) >= 11 is 0. The normalized spacial score (nSPS) is 12.2. The molecule has 0 spiro atoms. The Morgan fingerprint density at radius 1 is 1.17 bits per heavy atom. The lowest BCUT2D eigenvalue weighted by molar-refractivity contribution is -0.127. The van der Waals surface area contributed by atoms with Crippen molar-refractivity contribution in [3.05, 3.63) is 48.0 Å². The number of benzene rings is 2. The highest BCUT2D eigenvalue weighted by Crippen LogP contribution is 2.23. The Morgan fingerprint density at radius 2 is 1.90 bits per heavy atom. The first kappa shape index (κ1) is 25.2. The van der Waals surface area contributed by atoms with E-state index in [0.29, 0.717) is 19.2 Å². The summed E-state index contributed by atoms with van der Waals surface area (Å²) in [4.78, 5) is 18.0. The molecule has 2 aromatic rings. The van der Waals surface area contributed by atoms with Crippen LogP contribution in [0, 0.1) is 0 Å². The van der Waals surface area contributed by atoms with Gasteiger partial charge in [-0.1, -0.05) is 42.5 Å². The van der Waals surface area contributed by atoms with Crippen LogP contribution in [0.2, 0.25) is 0 Å². The molecule has 2 rings (SSSR count). The second-order valence-electron chi connectivity index (χ2n) is 6.86. The minimum atomic E-state index is -0.0340. The standard InChI is InChI=1S/C22H32N4O2.HI/c1-5-28-15-9-14-23-22(24-16-21(27)26(3)4)25-17(2)19-13-8-11-18-10-6-7-12-20(18)19;/h6-8,10-13,17H,5,9,14-16H2,1-4H3,(H2,23,24,25);1H. The number of halogens is 1. The topological polar surface area (TPSA) is 66.0 Å². The van der Waals surface area contributed by atoms with E-state index in [1.807, 2.05) is 13.0 Å². The van der Waals surface area contributed by atoms with E-state index in [1.54, 1.807) is 19.0 Å². The number of amides is 1. The van der Waals surface area contributed by atoms with Crippen molar-refractivity contribution < 1.29 is 9.53 Å². The molecule has 1 atom stereocenters. The number of hydrogen-bond acceptors (Lipinski definition) is 3. The molecule has 1 unspecified atom stereocenters. The van der Waals surface area contributed by atoms with E-state index in [2.05, 4.69) is 58.9 Å². The van der Waals surface area contributed by atoms with Gasteiger partial charge in [0.15, 0.2) is 5.96 Å². The molecule has 2 N–H and O–H groups in total. The number of fused-ring (bicyclic) bond motifs is 1. The quantitative estimate of drug-likeness (QED) is 0.234. The predicted molar refractivity (Wildman–Crippen MR) is 131 cm³/mol. The molecule has 0 bridgehead atoms. The zero-order valence-corrected chi connectivity index (χ0v) is 20.1. The second kappa shape index (κ2) is 13.4. The minimum absolute atomic E-state index is 0. The summed E-state index contributed by atoms with van der Waals surface area (Å²) in [5.41, 5.74) is 1.20. The van der Waals surface area contributed by atoms with Gasteiger partial charge in [0.25, 0.3) is 0 Å². The maximum atomic E-state index is 11.9. The predicted octanol–water partition coefficient (Wildman–Crippen LogP) is 3.57. The van der Waals surface area contributed by atoms with E-state index < -0.39 is 0 Å². The molecule has 0 aliphatic carbocycles. The first-order chi connectivity index (χ1) is 13.5. The smallest absolute Gasteiger partial charge is 0.243 e. The number of nitrogens with one attached hydrogen (secondary N) is 2. The van der Waals surface area contributed by atoms with E-state index >= 15 is 0 Å². The molecule has 1 amide bonds. The van der Waals surface area contributed by atoms with E-state index in [-0.39, 0.29) is 42.5 Å². The van der Waals surface area contributed by atoms with Crippen LogP contribution in [0.4, 0.5) is 0 Å². The van der Waals surface area contributed by atoms with Gasteiger partial charge in [-0.15, -0.1) is 24.0 Å². The molecule has 160 valence electrons. The van der Waals surface area contributed by atoms with Gasteiger partial charge in [-0.05, 0) is 36.6 Å². The Bertz CT molecular complexity index is 790. The fraction of sp³-hybridized carbons (Fsp3) is 0.455. The third-order valence-corrected chi connectivity index (χ3v) is 4.48. The zero-order chi connectivity index (χ0) is 20.4. The maximum absolute atomic E-state index is 11.9. The second-order valence-corrected chi connectivity index (χ2v) is 6.86. The summed E-state index contributed by atoms with van der Waals surface area (Å²) < 4.78 is 5.38. The number of hydrogen-bond donors (Lipinski definition) is 2. The highest BCUT2D eigenvalue weighted by Gasteiger charge is 2.12. The van der Waals surface area contributed by atoms with E-state index in [0.717, 1.165) is 13.0 Å². The van der Waals surface area contributed by atoms with E-state index in [9.17, 15) is 4.79 Å². The molecular weight excluding hydrogens is 479 g/mol. The fourth-order valence-corrected chi connectivity index (χ4v) is 2.88. The molecule has 0 heterocycles. The van der Waals surface area contributed by atoms with Crippen LogP contribution in [0.3, 0.4) is 0 Å². The Labute approximate surface area is 191 Å². The Balaban J connectivity index is 0.00000420. The molecule has 0 saturated heterocycles. The molecular formula is C22H33IN4O2. The molecule has 0 radical (unpaired) electrons. The molecule has 29 heavy (non-hydrogen) atoms. The van der Waals surface area contributed by atoms with Gasteiger partial charge in [0, 0.05) is 33.9 Å². The SMILES string of the molecule is CCOCCCNC(=NCC(=O)N(C)C)NC(C)c1cccc2ccccc12.I. The molecule has 0 fully saturated rings. The minimum Gasteiger partial charge on any atom is -0.382 e. The highest BCUT2D eigenvalue weighted by molar-refractivity contribution is 14.0. The lowest BCUT2D eigenvalue weighted by Gasteiger charge is -2.20. The van der Waals surface area contributed by atoms with Gasteiger partial charge in [-0.2, -0.15) is 0 Å². The van der Waals surface area contributed by atoms with Gasteiger partial charge in [0.05, 0.1) is 6.04 Å². The highest BCUT2D eigenvalue weighted by atomic mass is 127. The largest absolute Gasteiger partial charge is 0.382 e. The van der Waals surface area contributed by atoms with Crippen LogP contribution in [0.1, 0.15) is 31.9 Å². The lowest BCUT2D eigenvalue weighted by atomic mass is 10.00. The Morgan fingerprint density at radius 3 is 2.62 bits per heavy atom. The average Bonchev–Trinajstić information content (AvgIpc) is 2.70. The molecule has 0 aromatic heterocycles. The summed E-state index contributed by atoms with van der Waals surface area (Å²) in [7, 11) is 3.47. The molecule has 2 aromatic carbocycles. The number of likely N-dealkylation sites (N-methyl/N-ethyl adjacent to an activating group) is 1. The van der Waals surface area contributed by atoms with Crippen molar-refractivity contribution in [3.63, 3.8) is 0 Å². The van der Waals surface area contributed by atoms with E-state index in [4.69, 9.17) is 4.74 Å². The van der Waals surface area contributed by atoms with Gasteiger partial charge in [0.1, 0.15) is 6.54 Å². The zero-order valence-electron chi connectivity index (χ0n) is 17.8. The number of rotatable bonds is 9. The van der Waals surface area contributed by atoms with Gasteiger partial charge < -0.3 is 20.3 Å². The monoisotopic (exact) mass is 512 g/mol. The van der Waals surface area contributed by atoms with Crippen molar-refractivity contribution in [1.29, 1.82) is 0 Å². The van der Waals surface area contributed by atoms with Crippen LogP contribution in [0.5, 0.6) is 0 Å². The van der Waals surface area contributed by atoms with Crippen LogP contribution in [0.15, 0.2) is 47.5 Å². The summed E-state index contributed by atoms with van der Waals surface area (Å²) in [6, 6.07) is 14.7. The molecule has 7 heteroatoms. The Hall–Kier alpha value is -1.87. The van der Waals surface area contributed by atoms with Gasteiger partial charge >= 0.3 is 0 Å². The summed E-state index contributed by atoms with van der Waals surface area (Å²) in [6.45, 7) is 6.34. The number of aliphatic imine (C=N–C) groups is 1. The van der Waals surface area contributed by atoms with Crippen molar-refractivity contribution in [3.8, 4) is 0 Å². The van der Waals surface area contributed by atoms with Gasteiger partial charge in [-0.3, -0.25) is 4.79 Å². The number of carbonyl (C=O) groups excluding carboxylic acids is 1. The summed E-state index contributed by atoms with van der Waals surface area (Å²) in [5.74, 6) is 0.598. The van der Waals surface area contributed by atoms with Crippen LogP contribution in [-0.4, -0.2) is 57.2 Å².